The summed E-state index contributed by atoms with van der Waals surface area (Å²) >= 11 is 0. The Bertz CT molecular complexity index is 462. The number of nitrogens with zero attached hydrogens (tertiary/aromatic N) is 2. The van der Waals surface area contributed by atoms with Gasteiger partial charge in [0.2, 0.25) is 5.88 Å². The van der Waals surface area contributed by atoms with Crippen LogP contribution in [0.5, 0.6) is 5.88 Å². The fourth-order valence-corrected chi connectivity index (χ4v) is 2.56. The molecule has 5 heteroatoms. The van der Waals surface area contributed by atoms with E-state index in [1.54, 1.807) is 0 Å². The van der Waals surface area contributed by atoms with Gasteiger partial charge in [-0.25, -0.2) is 0 Å². The van der Waals surface area contributed by atoms with Gasteiger partial charge in [-0.15, -0.1) is 0 Å². The lowest BCUT2D eigenvalue weighted by molar-refractivity contribution is -0.0751. The lowest BCUT2D eigenvalue weighted by atomic mass is 10.1. The van der Waals surface area contributed by atoms with Gasteiger partial charge < -0.3 is 20.1 Å². The molecule has 1 saturated heterocycles. The smallest absolute Gasteiger partial charge is 0.239 e. The molecule has 1 unspecified atom stereocenters. The van der Waals surface area contributed by atoms with Crippen LogP contribution >= 0.6 is 0 Å². The van der Waals surface area contributed by atoms with Gasteiger partial charge in [0.15, 0.2) is 0 Å². The van der Waals surface area contributed by atoms with E-state index in [9.17, 15) is 0 Å². The van der Waals surface area contributed by atoms with Gasteiger partial charge in [0.1, 0.15) is 5.82 Å². The molecule has 0 saturated carbocycles. The lowest BCUT2D eigenvalue weighted by Gasteiger charge is -2.42. The second kappa shape index (κ2) is 5.87. The van der Waals surface area contributed by atoms with Crippen molar-refractivity contribution in [3.63, 3.8) is 0 Å². The zero-order chi connectivity index (χ0) is 14.8. The fourth-order valence-electron chi connectivity index (χ4n) is 2.56. The van der Waals surface area contributed by atoms with Gasteiger partial charge in [0.25, 0.3) is 0 Å². The summed E-state index contributed by atoms with van der Waals surface area (Å²) in [6, 6.07) is 3.81. The topological polar surface area (TPSA) is 60.6 Å². The Morgan fingerprint density at radius 1 is 1.50 bits per heavy atom. The molecule has 20 heavy (non-hydrogen) atoms. The van der Waals surface area contributed by atoms with E-state index in [1.165, 1.54) is 0 Å². The highest BCUT2D eigenvalue weighted by atomic mass is 16.5. The predicted octanol–water partition coefficient (Wildman–Crippen LogP) is 2.46. The minimum absolute atomic E-state index is 0.175. The van der Waals surface area contributed by atoms with Crippen molar-refractivity contribution < 1.29 is 9.47 Å². The molecule has 5 nitrogen and oxygen atoms in total. The number of ether oxygens (including phenoxy) is 2. The Morgan fingerprint density at radius 2 is 2.25 bits per heavy atom. The van der Waals surface area contributed by atoms with E-state index in [2.05, 4.69) is 37.6 Å². The maximum atomic E-state index is 5.92. The molecule has 1 aromatic heterocycles. The van der Waals surface area contributed by atoms with Gasteiger partial charge >= 0.3 is 0 Å². The Balaban J connectivity index is 2.19. The summed E-state index contributed by atoms with van der Waals surface area (Å²) in [6.45, 7) is 10.6. The number of morpholine rings is 1. The first-order valence-electron chi connectivity index (χ1n) is 7.23. The molecular weight excluding hydrogens is 254 g/mol. The van der Waals surface area contributed by atoms with E-state index in [-0.39, 0.29) is 11.7 Å². The highest BCUT2D eigenvalue weighted by molar-refractivity contribution is 5.55. The third-order valence-corrected chi connectivity index (χ3v) is 3.21. The normalized spacial score (nSPS) is 21.8. The van der Waals surface area contributed by atoms with Crippen molar-refractivity contribution in [1.29, 1.82) is 0 Å². The van der Waals surface area contributed by atoms with Crippen LogP contribution in [-0.2, 0) is 4.74 Å². The number of rotatable bonds is 4. The molecule has 0 spiro atoms. The van der Waals surface area contributed by atoms with Gasteiger partial charge in [0.05, 0.1) is 24.0 Å². The molecule has 0 bridgehead atoms. The van der Waals surface area contributed by atoms with Crippen LogP contribution in [0.1, 0.15) is 34.1 Å². The van der Waals surface area contributed by atoms with Crippen molar-refractivity contribution in [1.82, 2.24) is 4.98 Å². The molecule has 1 aromatic rings. The average Bonchev–Trinajstić information content (AvgIpc) is 2.35. The molecule has 2 N–H and O–H groups in total. The number of aromatic nitrogens is 1. The molecule has 0 radical (unpaired) electrons. The number of hydrogen-bond acceptors (Lipinski definition) is 5. The summed E-state index contributed by atoms with van der Waals surface area (Å²) in [5.41, 5.74) is 6.32. The Labute approximate surface area is 121 Å². The Morgan fingerprint density at radius 3 is 2.90 bits per heavy atom. The minimum atomic E-state index is -0.175. The van der Waals surface area contributed by atoms with Crippen molar-refractivity contribution in [3.05, 3.63) is 12.1 Å². The van der Waals surface area contributed by atoms with Gasteiger partial charge in [-0.05, 0) is 39.3 Å². The molecular formula is C15H25N3O2. The quantitative estimate of drug-likeness (QED) is 0.917. The monoisotopic (exact) mass is 279 g/mol. The van der Waals surface area contributed by atoms with Crippen LogP contribution in [-0.4, -0.2) is 36.4 Å². The van der Waals surface area contributed by atoms with E-state index >= 15 is 0 Å². The third-order valence-electron chi connectivity index (χ3n) is 3.21. The second-order valence-electron chi connectivity index (χ2n) is 5.98. The number of nitrogens with two attached hydrogens (primary N) is 1. The SMILES string of the molecule is CCCOc1nc(N2CC(C)OC(C)(C)C2)ccc1N. The van der Waals surface area contributed by atoms with Crippen LogP contribution in [0.15, 0.2) is 12.1 Å². The van der Waals surface area contributed by atoms with E-state index in [0.29, 0.717) is 18.2 Å². The standard InChI is InChI=1S/C15H25N3O2/c1-5-8-19-14-12(16)6-7-13(17-14)18-9-11(2)20-15(3,4)10-18/h6-7,11H,5,8-10,16H2,1-4H3. The first-order valence-corrected chi connectivity index (χ1v) is 7.23. The summed E-state index contributed by atoms with van der Waals surface area (Å²) in [5.74, 6) is 1.43. The van der Waals surface area contributed by atoms with Gasteiger partial charge in [-0.1, -0.05) is 6.92 Å². The van der Waals surface area contributed by atoms with Gasteiger partial charge in [0, 0.05) is 13.1 Å². The highest BCUT2D eigenvalue weighted by Gasteiger charge is 2.32. The Kier molecular flexibility index (Phi) is 4.38. The number of anilines is 2. The molecule has 2 heterocycles. The number of nitrogen functional groups attached to an aromatic ring is 1. The zero-order valence-corrected chi connectivity index (χ0v) is 12.8. The van der Waals surface area contributed by atoms with Crippen molar-refractivity contribution in [2.45, 2.75) is 45.8 Å². The molecule has 0 aliphatic carbocycles. The summed E-state index contributed by atoms with van der Waals surface area (Å²) in [5, 5.41) is 0. The lowest BCUT2D eigenvalue weighted by Crippen LogP contribution is -2.52. The summed E-state index contributed by atoms with van der Waals surface area (Å²) < 4.78 is 11.5. The molecule has 1 atom stereocenters. The van der Waals surface area contributed by atoms with Gasteiger partial charge in [-0.3, -0.25) is 0 Å². The van der Waals surface area contributed by atoms with E-state index < -0.39 is 0 Å². The van der Waals surface area contributed by atoms with Crippen LogP contribution < -0.4 is 15.4 Å². The Hall–Kier alpha value is -1.49. The van der Waals surface area contributed by atoms with Crippen molar-refractivity contribution in [3.8, 4) is 5.88 Å². The third kappa shape index (κ3) is 3.54. The van der Waals surface area contributed by atoms with Crippen LogP contribution in [0.4, 0.5) is 11.5 Å². The summed E-state index contributed by atoms with van der Waals surface area (Å²) in [4.78, 5) is 6.79. The summed E-state index contributed by atoms with van der Waals surface area (Å²) in [6.07, 6.45) is 1.12. The van der Waals surface area contributed by atoms with Crippen molar-refractivity contribution in [2.75, 3.05) is 30.3 Å². The highest BCUT2D eigenvalue weighted by Crippen LogP contribution is 2.28. The number of pyridine rings is 1. The van der Waals surface area contributed by atoms with Crippen molar-refractivity contribution >= 4 is 11.5 Å². The molecule has 1 aliphatic heterocycles. The molecule has 1 aliphatic rings. The van der Waals surface area contributed by atoms with E-state index in [4.69, 9.17) is 15.2 Å². The molecule has 0 aromatic carbocycles. The average molecular weight is 279 g/mol. The van der Waals surface area contributed by atoms with E-state index in [1.807, 2.05) is 12.1 Å². The number of hydrogen-bond donors (Lipinski definition) is 1. The zero-order valence-electron chi connectivity index (χ0n) is 12.8. The van der Waals surface area contributed by atoms with Crippen LogP contribution in [0.25, 0.3) is 0 Å². The maximum Gasteiger partial charge on any atom is 0.239 e. The molecule has 112 valence electrons. The van der Waals surface area contributed by atoms with Crippen molar-refractivity contribution in [2.24, 2.45) is 0 Å². The van der Waals surface area contributed by atoms with E-state index in [0.717, 1.165) is 25.3 Å². The first kappa shape index (κ1) is 14.9. The van der Waals surface area contributed by atoms with Crippen LogP contribution in [0.2, 0.25) is 0 Å². The molecule has 2 rings (SSSR count). The minimum Gasteiger partial charge on any atom is -0.476 e. The first-order chi connectivity index (χ1) is 9.41. The van der Waals surface area contributed by atoms with Gasteiger partial charge in [-0.2, -0.15) is 4.98 Å². The largest absolute Gasteiger partial charge is 0.476 e. The fraction of sp³-hybridized carbons (Fsp3) is 0.667. The van der Waals surface area contributed by atoms with Crippen LogP contribution in [0.3, 0.4) is 0 Å². The van der Waals surface area contributed by atoms with Crippen LogP contribution in [0, 0.1) is 0 Å². The predicted molar refractivity (Wildman–Crippen MR) is 81.3 cm³/mol. The molecule has 1 fully saturated rings. The second-order valence-corrected chi connectivity index (χ2v) is 5.98. The maximum absolute atomic E-state index is 5.92. The summed E-state index contributed by atoms with van der Waals surface area (Å²) in [7, 11) is 0. The molecule has 0 amide bonds.